The highest BCUT2D eigenvalue weighted by atomic mass is 32.2. The zero-order chi connectivity index (χ0) is 23.4. The van der Waals surface area contributed by atoms with Crippen molar-refractivity contribution in [2.75, 3.05) is 5.75 Å². The van der Waals surface area contributed by atoms with Crippen LogP contribution in [0.5, 0.6) is 0 Å². The molecule has 0 fully saturated rings. The molecular formula is C23H19F4NO3S. The van der Waals surface area contributed by atoms with E-state index in [2.05, 4.69) is 5.32 Å². The van der Waals surface area contributed by atoms with Crippen molar-refractivity contribution in [3.8, 4) is 11.1 Å². The van der Waals surface area contributed by atoms with Gasteiger partial charge in [0.05, 0.1) is 16.2 Å². The summed E-state index contributed by atoms with van der Waals surface area (Å²) >= 11 is 0. The number of sulfone groups is 1. The Morgan fingerprint density at radius 2 is 1.53 bits per heavy atom. The van der Waals surface area contributed by atoms with Crippen LogP contribution in [0.25, 0.3) is 11.1 Å². The second-order valence-corrected chi connectivity index (χ2v) is 9.18. The lowest BCUT2D eigenvalue weighted by molar-refractivity contribution is -0.137. The third-order valence-electron chi connectivity index (χ3n) is 4.73. The summed E-state index contributed by atoms with van der Waals surface area (Å²) in [4.78, 5) is 12.0. The number of benzene rings is 3. The lowest BCUT2D eigenvalue weighted by Gasteiger charge is -2.10. The van der Waals surface area contributed by atoms with Gasteiger partial charge in [0.1, 0.15) is 5.82 Å². The highest BCUT2D eigenvalue weighted by molar-refractivity contribution is 7.91. The van der Waals surface area contributed by atoms with Gasteiger partial charge in [-0.25, -0.2) is 12.8 Å². The predicted octanol–water partition coefficient (Wildman–Crippen LogP) is 4.99. The molecule has 168 valence electrons. The maximum atomic E-state index is 12.9. The summed E-state index contributed by atoms with van der Waals surface area (Å²) < 4.78 is 75.6. The SMILES string of the molecule is O=C(CCS(=O)(=O)c1ccc(F)cc1)NCc1cccc(-c2ccc(C(F)(F)F)cc2)c1. The van der Waals surface area contributed by atoms with Crippen LogP contribution in [0.4, 0.5) is 17.6 Å². The van der Waals surface area contributed by atoms with Gasteiger partial charge in [0, 0.05) is 13.0 Å². The predicted molar refractivity (Wildman–Crippen MR) is 112 cm³/mol. The van der Waals surface area contributed by atoms with Gasteiger partial charge in [0.25, 0.3) is 0 Å². The number of hydrogen-bond donors (Lipinski definition) is 1. The summed E-state index contributed by atoms with van der Waals surface area (Å²) in [7, 11) is -3.72. The van der Waals surface area contributed by atoms with Crippen LogP contribution in [0, 0.1) is 5.82 Å². The average molecular weight is 465 g/mol. The van der Waals surface area contributed by atoms with Gasteiger partial charge < -0.3 is 5.32 Å². The molecule has 3 aromatic rings. The topological polar surface area (TPSA) is 63.2 Å². The Balaban J connectivity index is 1.58. The molecule has 3 rings (SSSR count). The molecule has 0 saturated heterocycles. The van der Waals surface area contributed by atoms with Crippen molar-refractivity contribution < 1.29 is 30.8 Å². The molecule has 1 N–H and O–H groups in total. The van der Waals surface area contributed by atoms with Gasteiger partial charge in [0.2, 0.25) is 5.91 Å². The first-order valence-electron chi connectivity index (χ1n) is 9.56. The normalized spacial score (nSPS) is 11.9. The van der Waals surface area contributed by atoms with Crippen LogP contribution >= 0.6 is 0 Å². The number of rotatable bonds is 7. The van der Waals surface area contributed by atoms with Gasteiger partial charge in [-0.2, -0.15) is 13.2 Å². The Kier molecular flexibility index (Phi) is 6.98. The van der Waals surface area contributed by atoms with Crippen molar-refractivity contribution in [1.82, 2.24) is 5.32 Å². The van der Waals surface area contributed by atoms with Crippen LogP contribution in [0.15, 0.2) is 77.7 Å². The monoisotopic (exact) mass is 465 g/mol. The van der Waals surface area contributed by atoms with E-state index in [1.807, 2.05) is 0 Å². The van der Waals surface area contributed by atoms with E-state index in [1.54, 1.807) is 24.3 Å². The smallest absolute Gasteiger partial charge is 0.352 e. The molecule has 3 aromatic carbocycles. The number of carbonyl (C=O) groups excluding carboxylic acids is 1. The maximum Gasteiger partial charge on any atom is 0.416 e. The first kappa shape index (κ1) is 23.5. The fraction of sp³-hybridized carbons (Fsp3) is 0.174. The molecule has 0 radical (unpaired) electrons. The zero-order valence-electron chi connectivity index (χ0n) is 16.7. The average Bonchev–Trinajstić information content (AvgIpc) is 2.76. The molecule has 0 unspecified atom stereocenters. The third kappa shape index (κ3) is 6.16. The molecule has 0 saturated carbocycles. The molecule has 9 heteroatoms. The largest absolute Gasteiger partial charge is 0.416 e. The van der Waals surface area contributed by atoms with Crippen LogP contribution < -0.4 is 5.32 Å². The molecule has 0 heterocycles. The fourth-order valence-corrected chi connectivity index (χ4v) is 4.23. The summed E-state index contributed by atoms with van der Waals surface area (Å²) in [5.41, 5.74) is 1.25. The Hall–Kier alpha value is -3.20. The van der Waals surface area contributed by atoms with E-state index in [1.165, 1.54) is 12.1 Å². The third-order valence-corrected chi connectivity index (χ3v) is 6.46. The van der Waals surface area contributed by atoms with Crippen LogP contribution in [-0.4, -0.2) is 20.1 Å². The fourth-order valence-electron chi connectivity index (χ4n) is 2.99. The number of carbonyl (C=O) groups is 1. The Morgan fingerprint density at radius 1 is 0.875 bits per heavy atom. The van der Waals surface area contributed by atoms with E-state index in [4.69, 9.17) is 0 Å². The molecule has 32 heavy (non-hydrogen) atoms. The number of halogens is 4. The second-order valence-electron chi connectivity index (χ2n) is 7.08. The highest BCUT2D eigenvalue weighted by Crippen LogP contribution is 2.31. The van der Waals surface area contributed by atoms with Crippen LogP contribution in [-0.2, 0) is 27.4 Å². The van der Waals surface area contributed by atoms with Crippen molar-refractivity contribution in [3.63, 3.8) is 0 Å². The second kappa shape index (κ2) is 9.52. The summed E-state index contributed by atoms with van der Waals surface area (Å²) in [6, 6.07) is 16.1. The highest BCUT2D eigenvalue weighted by Gasteiger charge is 2.29. The maximum absolute atomic E-state index is 12.9. The van der Waals surface area contributed by atoms with E-state index in [0.29, 0.717) is 16.7 Å². The van der Waals surface area contributed by atoms with Gasteiger partial charge in [-0.15, -0.1) is 0 Å². The van der Waals surface area contributed by atoms with Gasteiger partial charge in [-0.1, -0.05) is 30.3 Å². The van der Waals surface area contributed by atoms with Gasteiger partial charge in [-0.3, -0.25) is 4.79 Å². The number of amides is 1. The van der Waals surface area contributed by atoms with Crippen molar-refractivity contribution in [1.29, 1.82) is 0 Å². The summed E-state index contributed by atoms with van der Waals surface area (Å²) in [5.74, 6) is -1.45. The number of nitrogens with one attached hydrogen (secondary N) is 1. The minimum atomic E-state index is -4.41. The summed E-state index contributed by atoms with van der Waals surface area (Å²) in [6.07, 6.45) is -4.67. The standard InChI is InChI=1S/C23H19F4NO3S/c24-20-8-10-21(11-9-20)32(30,31)13-12-22(29)28-15-16-2-1-3-18(14-16)17-4-6-19(7-5-17)23(25,26)27/h1-11,14H,12-13,15H2,(H,28,29). The van der Waals surface area contributed by atoms with Crippen molar-refractivity contribution in [3.05, 3.63) is 89.7 Å². The minimum Gasteiger partial charge on any atom is -0.352 e. The van der Waals surface area contributed by atoms with Gasteiger partial charge >= 0.3 is 6.18 Å². The minimum absolute atomic E-state index is 0.0593. The molecule has 0 bridgehead atoms. The molecule has 0 aliphatic carbocycles. The van der Waals surface area contributed by atoms with Gasteiger partial charge in [0.15, 0.2) is 9.84 Å². The quantitative estimate of drug-likeness (QED) is 0.395. The van der Waals surface area contributed by atoms with Crippen molar-refractivity contribution >= 4 is 15.7 Å². The first-order valence-corrected chi connectivity index (χ1v) is 11.2. The lowest BCUT2D eigenvalue weighted by Crippen LogP contribution is -2.25. The van der Waals surface area contributed by atoms with Crippen molar-refractivity contribution in [2.45, 2.75) is 24.0 Å². The molecule has 0 aromatic heterocycles. The van der Waals surface area contributed by atoms with Gasteiger partial charge in [-0.05, 0) is 59.2 Å². The number of alkyl halides is 3. The van der Waals surface area contributed by atoms with Crippen LogP contribution in [0.1, 0.15) is 17.5 Å². The molecule has 0 spiro atoms. The van der Waals surface area contributed by atoms with E-state index < -0.39 is 39.1 Å². The molecule has 4 nitrogen and oxygen atoms in total. The summed E-state index contributed by atoms with van der Waals surface area (Å²) in [6.45, 7) is 0.129. The van der Waals surface area contributed by atoms with Crippen molar-refractivity contribution in [2.24, 2.45) is 0 Å². The molecule has 0 aliphatic heterocycles. The van der Waals surface area contributed by atoms with Crippen LogP contribution in [0.3, 0.4) is 0 Å². The molecule has 0 aliphatic rings. The molecule has 0 atom stereocenters. The summed E-state index contributed by atoms with van der Waals surface area (Å²) in [5, 5.41) is 2.63. The number of hydrogen-bond acceptors (Lipinski definition) is 3. The zero-order valence-corrected chi connectivity index (χ0v) is 17.5. The van der Waals surface area contributed by atoms with E-state index in [9.17, 15) is 30.8 Å². The van der Waals surface area contributed by atoms with E-state index >= 15 is 0 Å². The Bertz CT molecular complexity index is 1190. The Labute approximate surface area is 182 Å². The van der Waals surface area contributed by atoms with E-state index in [0.717, 1.165) is 36.4 Å². The molecular weight excluding hydrogens is 446 g/mol. The van der Waals surface area contributed by atoms with E-state index in [-0.39, 0.29) is 17.9 Å². The van der Waals surface area contributed by atoms with Crippen LogP contribution in [0.2, 0.25) is 0 Å². The molecule has 1 amide bonds. The Morgan fingerprint density at radius 3 is 2.16 bits per heavy atom. The first-order chi connectivity index (χ1) is 15.0. The lowest BCUT2D eigenvalue weighted by atomic mass is 10.0.